The average molecular weight is 368 g/mol. The molecule has 3 rings (SSSR count). The average Bonchev–Trinajstić information content (AvgIpc) is 2.60. The molecule has 0 aliphatic carbocycles. The minimum Gasteiger partial charge on any atom is -0.366 e. The molecule has 0 bridgehead atoms. The van der Waals surface area contributed by atoms with E-state index >= 15 is 0 Å². The van der Waals surface area contributed by atoms with Gasteiger partial charge in [-0.25, -0.2) is 4.39 Å². The van der Waals surface area contributed by atoms with Gasteiger partial charge < -0.3 is 10.6 Å². The van der Waals surface area contributed by atoms with E-state index in [0.717, 1.165) is 23.2 Å². The molecule has 0 aromatic heterocycles. The SMILES string of the molecule is Cc1cc(C(N)=O)cc(C)c1N1C[C@@H](Cc2ccccc2F)C[C@@H](C)C1=O. The summed E-state index contributed by atoms with van der Waals surface area (Å²) in [7, 11) is 0. The number of nitrogens with zero attached hydrogens (tertiary/aromatic N) is 1. The highest BCUT2D eigenvalue weighted by Gasteiger charge is 2.34. The summed E-state index contributed by atoms with van der Waals surface area (Å²) >= 11 is 0. The Labute approximate surface area is 159 Å². The lowest BCUT2D eigenvalue weighted by Gasteiger charge is -2.38. The van der Waals surface area contributed by atoms with Crippen molar-refractivity contribution >= 4 is 17.5 Å². The number of amides is 2. The molecule has 5 heteroatoms. The standard InChI is InChI=1S/C22H25FN2O2/c1-13-9-18(21(24)26)10-14(2)20(13)25-12-16(8-15(3)22(25)27)11-17-6-4-5-7-19(17)23/h4-7,9-10,15-16H,8,11-12H2,1-3H3,(H2,24,26)/t15-,16-/m1/s1. The number of hydrogen-bond donors (Lipinski definition) is 1. The van der Waals surface area contributed by atoms with E-state index in [2.05, 4.69) is 0 Å². The van der Waals surface area contributed by atoms with Crippen molar-refractivity contribution in [2.24, 2.45) is 17.6 Å². The number of aryl methyl sites for hydroxylation is 2. The van der Waals surface area contributed by atoms with E-state index < -0.39 is 5.91 Å². The van der Waals surface area contributed by atoms with Gasteiger partial charge in [0.1, 0.15) is 5.82 Å². The monoisotopic (exact) mass is 368 g/mol. The van der Waals surface area contributed by atoms with Gasteiger partial charge in [-0.1, -0.05) is 25.1 Å². The third-order valence-electron chi connectivity index (χ3n) is 5.33. The number of piperidine rings is 1. The van der Waals surface area contributed by atoms with Crippen molar-refractivity contribution in [1.82, 2.24) is 0 Å². The number of carbonyl (C=O) groups excluding carboxylic acids is 2. The van der Waals surface area contributed by atoms with Crippen molar-refractivity contribution in [3.8, 4) is 0 Å². The normalized spacial score (nSPS) is 20.0. The zero-order valence-corrected chi connectivity index (χ0v) is 16.0. The Kier molecular flexibility index (Phi) is 5.31. The molecule has 0 unspecified atom stereocenters. The second kappa shape index (κ2) is 7.51. The third-order valence-corrected chi connectivity index (χ3v) is 5.33. The number of anilines is 1. The highest BCUT2D eigenvalue weighted by Crippen LogP contribution is 2.34. The summed E-state index contributed by atoms with van der Waals surface area (Å²) < 4.78 is 14.1. The van der Waals surface area contributed by atoms with Gasteiger partial charge in [0.25, 0.3) is 0 Å². The first-order chi connectivity index (χ1) is 12.8. The lowest BCUT2D eigenvalue weighted by Crippen LogP contribution is -2.46. The van der Waals surface area contributed by atoms with E-state index in [4.69, 9.17) is 5.73 Å². The van der Waals surface area contributed by atoms with Crippen LogP contribution in [0.3, 0.4) is 0 Å². The van der Waals surface area contributed by atoms with Gasteiger partial charge in [0.05, 0.1) is 0 Å². The summed E-state index contributed by atoms with van der Waals surface area (Å²) in [5.74, 6) is -0.581. The van der Waals surface area contributed by atoms with Gasteiger partial charge in [0, 0.05) is 23.7 Å². The number of hydrogen-bond acceptors (Lipinski definition) is 2. The highest BCUT2D eigenvalue weighted by molar-refractivity contribution is 5.99. The summed E-state index contributed by atoms with van der Waals surface area (Å²) in [6.07, 6.45) is 1.33. The van der Waals surface area contributed by atoms with E-state index in [-0.39, 0.29) is 23.6 Å². The summed E-state index contributed by atoms with van der Waals surface area (Å²) in [5, 5.41) is 0. The Morgan fingerprint density at radius 1 is 1.22 bits per heavy atom. The van der Waals surface area contributed by atoms with E-state index in [1.807, 2.05) is 26.8 Å². The predicted octanol–water partition coefficient (Wildman–Crippen LogP) is 3.77. The first-order valence-corrected chi connectivity index (χ1v) is 9.23. The molecule has 2 aromatic rings. The molecule has 2 N–H and O–H groups in total. The van der Waals surface area contributed by atoms with Crippen molar-refractivity contribution in [3.05, 3.63) is 64.5 Å². The van der Waals surface area contributed by atoms with Crippen LogP contribution in [0, 0.1) is 31.5 Å². The van der Waals surface area contributed by atoms with Gasteiger partial charge in [-0.3, -0.25) is 9.59 Å². The molecule has 1 aliphatic heterocycles. The second-order valence-electron chi connectivity index (χ2n) is 7.57. The van der Waals surface area contributed by atoms with Crippen LogP contribution in [-0.2, 0) is 11.2 Å². The van der Waals surface area contributed by atoms with Gasteiger partial charge in [-0.2, -0.15) is 0 Å². The molecule has 2 amide bonds. The number of halogens is 1. The molecule has 142 valence electrons. The maximum atomic E-state index is 14.1. The van der Waals surface area contributed by atoms with Crippen LogP contribution in [-0.4, -0.2) is 18.4 Å². The Hall–Kier alpha value is -2.69. The molecule has 0 saturated carbocycles. The molecule has 0 radical (unpaired) electrons. The Morgan fingerprint density at radius 2 is 1.85 bits per heavy atom. The molecule has 1 aliphatic rings. The minimum atomic E-state index is -0.483. The van der Waals surface area contributed by atoms with Crippen LogP contribution >= 0.6 is 0 Å². The predicted molar refractivity (Wildman–Crippen MR) is 104 cm³/mol. The maximum absolute atomic E-state index is 14.1. The Morgan fingerprint density at radius 3 is 2.44 bits per heavy atom. The third kappa shape index (κ3) is 3.87. The molecule has 2 aromatic carbocycles. The molecular weight excluding hydrogens is 343 g/mol. The number of rotatable bonds is 4. The lowest BCUT2D eigenvalue weighted by atomic mass is 9.84. The van der Waals surface area contributed by atoms with Gasteiger partial charge in [-0.15, -0.1) is 0 Å². The molecule has 1 fully saturated rings. The molecule has 1 heterocycles. The fourth-order valence-corrected chi connectivity index (χ4v) is 4.14. The number of primary amides is 1. The zero-order valence-electron chi connectivity index (χ0n) is 16.0. The zero-order chi connectivity index (χ0) is 19.7. The van der Waals surface area contributed by atoms with Crippen LogP contribution in [0.2, 0.25) is 0 Å². The first kappa shape index (κ1) is 19.1. The molecule has 1 saturated heterocycles. The van der Waals surface area contributed by atoms with E-state index in [1.165, 1.54) is 6.07 Å². The van der Waals surface area contributed by atoms with Crippen molar-refractivity contribution in [2.75, 3.05) is 11.4 Å². The quantitative estimate of drug-likeness (QED) is 0.893. The van der Waals surface area contributed by atoms with Crippen molar-refractivity contribution in [3.63, 3.8) is 0 Å². The number of carbonyl (C=O) groups is 2. The van der Waals surface area contributed by atoms with Crippen LogP contribution in [0.5, 0.6) is 0 Å². The smallest absolute Gasteiger partial charge is 0.248 e. The van der Waals surface area contributed by atoms with Crippen molar-refractivity contribution in [1.29, 1.82) is 0 Å². The van der Waals surface area contributed by atoms with Gasteiger partial charge in [0.15, 0.2) is 0 Å². The van der Waals surface area contributed by atoms with Crippen molar-refractivity contribution < 1.29 is 14.0 Å². The number of benzene rings is 2. The fraction of sp³-hybridized carbons (Fsp3) is 0.364. The second-order valence-corrected chi connectivity index (χ2v) is 7.57. The van der Waals surface area contributed by atoms with E-state index in [1.54, 1.807) is 29.2 Å². The van der Waals surface area contributed by atoms with Crippen LogP contribution in [0.4, 0.5) is 10.1 Å². The molecule has 27 heavy (non-hydrogen) atoms. The lowest BCUT2D eigenvalue weighted by molar-refractivity contribution is -0.124. The Balaban J connectivity index is 1.92. The molecule has 2 atom stereocenters. The molecular formula is C22H25FN2O2. The highest BCUT2D eigenvalue weighted by atomic mass is 19.1. The van der Waals surface area contributed by atoms with Crippen LogP contribution in [0.25, 0.3) is 0 Å². The maximum Gasteiger partial charge on any atom is 0.248 e. The summed E-state index contributed by atoms with van der Waals surface area (Å²) in [4.78, 5) is 26.2. The summed E-state index contributed by atoms with van der Waals surface area (Å²) in [5.41, 5.74) is 9.03. The van der Waals surface area contributed by atoms with Gasteiger partial charge in [-0.05, 0) is 67.5 Å². The fourth-order valence-electron chi connectivity index (χ4n) is 4.14. The largest absolute Gasteiger partial charge is 0.366 e. The molecule has 4 nitrogen and oxygen atoms in total. The topological polar surface area (TPSA) is 63.4 Å². The van der Waals surface area contributed by atoms with Gasteiger partial charge >= 0.3 is 0 Å². The minimum absolute atomic E-state index is 0.0674. The Bertz CT molecular complexity index is 871. The van der Waals surface area contributed by atoms with E-state index in [9.17, 15) is 14.0 Å². The summed E-state index contributed by atoms with van der Waals surface area (Å²) in [6, 6.07) is 10.3. The van der Waals surface area contributed by atoms with Crippen LogP contribution in [0.15, 0.2) is 36.4 Å². The van der Waals surface area contributed by atoms with Crippen molar-refractivity contribution in [2.45, 2.75) is 33.6 Å². The van der Waals surface area contributed by atoms with E-state index in [0.29, 0.717) is 24.1 Å². The van der Waals surface area contributed by atoms with Crippen LogP contribution < -0.4 is 10.6 Å². The van der Waals surface area contributed by atoms with Crippen LogP contribution in [0.1, 0.15) is 40.4 Å². The first-order valence-electron chi connectivity index (χ1n) is 9.23. The summed E-state index contributed by atoms with van der Waals surface area (Å²) in [6.45, 7) is 6.22. The molecule has 0 spiro atoms. The van der Waals surface area contributed by atoms with Gasteiger partial charge in [0.2, 0.25) is 11.8 Å². The number of nitrogens with two attached hydrogens (primary N) is 1.